The number of thioether (sulfide) groups is 1. The normalized spacial score (nSPS) is 18.5. The second kappa shape index (κ2) is 6.77. The fourth-order valence-corrected chi connectivity index (χ4v) is 4.36. The fraction of sp³-hybridized carbons (Fsp3) is 0.538. The Morgan fingerprint density at radius 3 is 2.18 bits per heavy atom. The van der Waals surface area contributed by atoms with Gasteiger partial charge in [0.15, 0.2) is 0 Å². The van der Waals surface area contributed by atoms with Crippen LogP contribution in [0, 0.1) is 0 Å². The van der Waals surface area contributed by atoms with E-state index in [1.54, 1.807) is 0 Å². The molecule has 1 aromatic rings. The van der Waals surface area contributed by atoms with Crippen molar-refractivity contribution in [2.75, 3.05) is 20.1 Å². The molecule has 4 nitrogen and oxygen atoms in total. The van der Waals surface area contributed by atoms with Gasteiger partial charge in [-0.2, -0.15) is 17.5 Å². The summed E-state index contributed by atoms with van der Waals surface area (Å²) in [7, 11) is -1.80. The molecule has 1 saturated heterocycles. The zero-order chi connectivity index (χ0) is 16.4. The first-order chi connectivity index (χ1) is 10.2. The van der Waals surface area contributed by atoms with E-state index in [1.807, 2.05) is 7.05 Å². The van der Waals surface area contributed by atoms with Crippen LogP contribution in [0.4, 0.5) is 13.2 Å². The molecule has 1 heterocycles. The summed E-state index contributed by atoms with van der Waals surface area (Å²) in [5.41, 5.74) is -4.38. The standard InChI is InChI=1S/C13H17F3N2O2S2/c1-17-10-6-8-18(9-7-10)22(19,20)12-4-2-11(3-5-12)21-13(14,15)16/h2-5,10,17H,6-9H2,1H3. The van der Waals surface area contributed by atoms with Crippen LogP contribution in [0.5, 0.6) is 0 Å². The molecule has 124 valence electrons. The van der Waals surface area contributed by atoms with E-state index in [2.05, 4.69) is 5.32 Å². The highest BCUT2D eigenvalue weighted by molar-refractivity contribution is 8.00. The van der Waals surface area contributed by atoms with Gasteiger partial charge in [-0.3, -0.25) is 0 Å². The smallest absolute Gasteiger partial charge is 0.317 e. The van der Waals surface area contributed by atoms with Crippen molar-refractivity contribution in [2.45, 2.75) is 34.2 Å². The van der Waals surface area contributed by atoms with Crippen molar-refractivity contribution in [3.05, 3.63) is 24.3 Å². The van der Waals surface area contributed by atoms with Crippen LogP contribution in [0.1, 0.15) is 12.8 Å². The van der Waals surface area contributed by atoms with Gasteiger partial charge in [-0.15, -0.1) is 0 Å². The third-order valence-electron chi connectivity index (χ3n) is 3.56. The third-order valence-corrected chi connectivity index (χ3v) is 6.21. The molecule has 0 saturated carbocycles. The molecule has 1 fully saturated rings. The molecule has 0 aliphatic carbocycles. The molecule has 0 radical (unpaired) electrons. The predicted octanol–water partition coefficient (Wildman–Crippen LogP) is 2.67. The van der Waals surface area contributed by atoms with Gasteiger partial charge in [0.25, 0.3) is 0 Å². The summed E-state index contributed by atoms with van der Waals surface area (Å²) in [6, 6.07) is 5.13. The number of halogens is 3. The minimum Gasteiger partial charge on any atom is -0.317 e. The molecule has 1 N–H and O–H groups in total. The summed E-state index contributed by atoms with van der Waals surface area (Å²) < 4.78 is 63.1. The molecule has 0 amide bonds. The first kappa shape index (κ1) is 17.6. The minimum absolute atomic E-state index is 0.0275. The van der Waals surface area contributed by atoms with E-state index in [9.17, 15) is 21.6 Å². The van der Waals surface area contributed by atoms with E-state index in [1.165, 1.54) is 28.6 Å². The van der Waals surface area contributed by atoms with Gasteiger partial charge >= 0.3 is 5.51 Å². The van der Waals surface area contributed by atoms with Crippen molar-refractivity contribution in [1.82, 2.24) is 9.62 Å². The molecule has 0 unspecified atom stereocenters. The molecule has 0 atom stereocenters. The minimum atomic E-state index is -4.38. The maximum atomic E-state index is 12.5. The van der Waals surface area contributed by atoms with Crippen molar-refractivity contribution < 1.29 is 21.6 Å². The number of hydrogen-bond acceptors (Lipinski definition) is 4. The second-order valence-corrected chi connectivity index (χ2v) is 8.06. The lowest BCUT2D eigenvalue weighted by molar-refractivity contribution is -0.0328. The summed E-state index contributed by atoms with van der Waals surface area (Å²) in [6.45, 7) is 0.819. The van der Waals surface area contributed by atoms with Crippen LogP contribution in [-0.2, 0) is 10.0 Å². The average molecular weight is 354 g/mol. The average Bonchev–Trinajstić information content (AvgIpc) is 2.46. The monoisotopic (exact) mass is 354 g/mol. The maximum absolute atomic E-state index is 12.5. The summed E-state index contributed by atoms with van der Waals surface area (Å²) in [4.78, 5) is 0.00210. The van der Waals surface area contributed by atoms with Crippen LogP contribution in [-0.4, -0.2) is 44.4 Å². The Morgan fingerprint density at radius 1 is 1.18 bits per heavy atom. The number of piperidine rings is 1. The Hall–Kier alpha value is -0.770. The van der Waals surface area contributed by atoms with Crippen molar-refractivity contribution in [2.24, 2.45) is 0 Å². The van der Waals surface area contributed by atoms with Crippen LogP contribution in [0.25, 0.3) is 0 Å². The zero-order valence-corrected chi connectivity index (χ0v) is 13.6. The summed E-state index contributed by atoms with van der Waals surface area (Å²) in [5, 5.41) is 3.11. The van der Waals surface area contributed by atoms with Gasteiger partial charge in [0, 0.05) is 24.0 Å². The van der Waals surface area contributed by atoms with Crippen LogP contribution in [0.2, 0.25) is 0 Å². The number of hydrogen-bond donors (Lipinski definition) is 1. The highest BCUT2D eigenvalue weighted by atomic mass is 32.2. The second-order valence-electron chi connectivity index (χ2n) is 4.99. The lowest BCUT2D eigenvalue weighted by Gasteiger charge is -2.31. The maximum Gasteiger partial charge on any atom is 0.446 e. The Balaban J connectivity index is 2.10. The molecule has 1 aliphatic heterocycles. The number of rotatable bonds is 4. The number of nitrogens with zero attached hydrogens (tertiary/aromatic N) is 1. The van der Waals surface area contributed by atoms with Crippen molar-refractivity contribution in [3.8, 4) is 0 Å². The van der Waals surface area contributed by atoms with Crippen LogP contribution >= 0.6 is 11.8 Å². The quantitative estimate of drug-likeness (QED) is 0.845. The fourth-order valence-electron chi connectivity index (χ4n) is 2.35. The van der Waals surface area contributed by atoms with Crippen molar-refractivity contribution in [3.63, 3.8) is 0 Å². The molecule has 0 aromatic heterocycles. The van der Waals surface area contributed by atoms with E-state index in [0.717, 1.165) is 12.8 Å². The zero-order valence-electron chi connectivity index (χ0n) is 11.9. The summed E-state index contributed by atoms with van der Waals surface area (Å²) >= 11 is -0.258. The summed E-state index contributed by atoms with van der Waals surface area (Å²) in [6.07, 6.45) is 1.44. The van der Waals surface area contributed by atoms with Gasteiger partial charge in [0.05, 0.1) is 4.90 Å². The van der Waals surface area contributed by atoms with Gasteiger partial charge in [0.1, 0.15) is 0 Å². The Morgan fingerprint density at radius 2 is 1.73 bits per heavy atom. The van der Waals surface area contributed by atoms with Gasteiger partial charge in [-0.1, -0.05) is 0 Å². The molecule has 0 spiro atoms. The Kier molecular flexibility index (Phi) is 5.41. The number of benzene rings is 1. The molecule has 1 aliphatic rings. The highest BCUT2D eigenvalue weighted by Gasteiger charge is 2.31. The van der Waals surface area contributed by atoms with Crippen LogP contribution in [0.3, 0.4) is 0 Å². The SMILES string of the molecule is CNC1CCN(S(=O)(=O)c2ccc(SC(F)(F)F)cc2)CC1. The molecule has 2 rings (SSSR count). The van der Waals surface area contributed by atoms with E-state index in [4.69, 9.17) is 0 Å². The Bertz CT molecular complexity index is 595. The van der Waals surface area contributed by atoms with E-state index < -0.39 is 15.5 Å². The Labute approximate surface area is 132 Å². The molecule has 1 aromatic carbocycles. The van der Waals surface area contributed by atoms with E-state index >= 15 is 0 Å². The van der Waals surface area contributed by atoms with Crippen LogP contribution < -0.4 is 5.32 Å². The number of nitrogens with one attached hydrogen (secondary N) is 1. The van der Waals surface area contributed by atoms with Crippen molar-refractivity contribution >= 4 is 21.8 Å². The lowest BCUT2D eigenvalue weighted by atomic mass is 10.1. The van der Waals surface area contributed by atoms with E-state index in [0.29, 0.717) is 19.1 Å². The molecular weight excluding hydrogens is 337 g/mol. The van der Waals surface area contributed by atoms with Gasteiger partial charge < -0.3 is 5.32 Å². The van der Waals surface area contributed by atoms with Gasteiger partial charge in [0.2, 0.25) is 10.0 Å². The summed E-state index contributed by atoms with van der Waals surface area (Å²) in [5.74, 6) is 0. The third kappa shape index (κ3) is 4.37. The van der Waals surface area contributed by atoms with Gasteiger partial charge in [-0.05, 0) is 55.9 Å². The van der Waals surface area contributed by atoms with Gasteiger partial charge in [-0.25, -0.2) is 8.42 Å². The number of alkyl halides is 3. The van der Waals surface area contributed by atoms with Crippen LogP contribution in [0.15, 0.2) is 34.1 Å². The highest BCUT2D eigenvalue weighted by Crippen LogP contribution is 2.37. The predicted molar refractivity (Wildman–Crippen MR) is 79.2 cm³/mol. The largest absolute Gasteiger partial charge is 0.446 e. The molecule has 0 bridgehead atoms. The van der Waals surface area contributed by atoms with E-state index in [-0.39, 0.29) is 21.6 Å². The first-order valence-electron chi connectivity index (χ1n) is 6.75. The number of sulfonamides is 1. The molecular formula is C13H17F3N2O2S2. The molecule has 22 heavy (non-hydrogen) atoms. The van der Waals surface area contributed by atoms with Crippen molar-refractivity contribution in [1.29, 1.82) is 0 Å². The lowest BCUT2D eigenvalue weighted by Crippen LogP contribution is -2.43. The molecule has 9 heteroatoms. The first-order valence-corrected chi connectivity index (χ1v) is 9.01. The topological polar surface area (TPSA) is 49.4 Å².